The van der Waals surface area contributed by atoms with Crippen molar-refractivity contribution in [1.29, 1.82) is 0 Å². The Labute approximate surface area is 107 Å². The van der Waals surface area contributed by atoms with Gasteiger partial charge in [-0.1, -0.05) is 15.9 Å². The lowest BCUT2D eigenvalue weighted by Gasteiger charge is -2.09. The number of halogens is 1. The van der Waals surface area contributed by atoms with Crippen LogP contribution in [0.3, 0.4) is 0 Å². The van der Waals surface area contributed by atoms with Gasteiger partial charge < -0.3 is 0 Å². The zero-order chi connectivity index (χ0) is 12.6. The SMILES string of the molecule is CC(=O)Cc1c(Br)cc2c(c1[N+](=O)[O-])CCC2. The lowest BCUT2D eigenvalue weighted by Crippen LogP contribution is -2.06. The van der Waals surface area contributed by atoms with Gasteiger partial charge in [0.2, 0.25) is 0 Å². The van der Waals surface area contributed by atoms with Crippen molar-refractivity contribution in [3.8, 4) is 0 Å². The predicted molar refractivity (Wildman–Crippen MR) is 67.2 cm³/mol. The topological polar surface area (TPSA) is 60.2 Å². The minimum atomic E-state index is -0.354. The molecule has 1 aromatic rings. The molecule has 0 aromatic heterocycles. The van der Waals surface area contributed by atoms with Crippen LogP contribution in [-0.2, 0) is 24.1 Å². The molecule has 90 valence electrons. The Hall–Kier alpha value is -1.23. The minimum absolute atomic E-state index is 0.0632. The summed E-state index contributed by atoms with van der Waals surface area (Å²) in [6.07, 6.45) is 2.69. The third kappa shape index (κ3) is 2.24. The molecule has 2 rings (SSSR count). The number of ketones is 1. The molecule has 0 fully saturated rings. The second-order valence-electron chi connectivity index (χ2n) is 4.31. The number of nitro groups is 1. The fraction of sp³-hybridized carbons (Fsp3) is 0.417. The van der Waals surface area contributed by atoms with Crippen LogP contribution in [0.15, 0.2) is 10.5 Å². The average Bonchev–Trinajstić information content (AvgIpc) is 2.64. The molecule has 1 aliphatic rings. The van der Waals surface area contributed by atoms with Crippen LogP contribution >= 0.6 is 15.9 Å². The van der Waals surface area contributed by atoms with Crippen molar-refractivity contribution in [2.45, 2.75) is 32.6 Å². The van der Waals surface area contributed by atoms with Gasteiger partial charge in [-0.2, -0.15) is 0 Å². The Morgan fingerprint density at radius 1 is 1.53 bits per heavy atom. The molecule has 0 spiro atoms. The van der Waals surface area contributed by atoms with Gasteiger partial charge in [-0.15, -0.1) is 0 Å². The highest BCUT2D eigenvalue weighted by Crippen LogP contribution is 2.38. The van der Waals surface area contributed by atoms with Crippen LogP contribution in [0.25, 0.3) is 0 Å². The Kier molecular flexibility index (Phi) is 3.28. The molecule has 0 amide bonds. The minimum Gasteiger partial charge on any atom is -0.300 e. The van der Waals surface area contributed by atoms with Gasteiger partial charge in [0.25, 0.3) is 5.69 Å². The highest BCUT2D eigenvalue weighted by atomic mass is 79.9. The predicted octanol–water partition coefficient (Wildman–Crippen LogP) is 2.98. The molecular weight excluding hydrogens is 286 g/mol. The summed E-state index contributed by atoms with van der Waals surface area (Å²) in [5, 5.41) is 11.2. The van der Waals surface area contributed by atoms with E-state index < -0.39 is 0 Å². The molecule has 0 atom stereocenters. The number of nitro benzene ring substituents is 1. The van der Waals surface area contributed by atoms with Crippen LogP contribution in [0.2, 0.25) is 0 Å². The number of fused-ring (bicyclic) bond motifs is 1. The standard InChI is InChI=1S/C12H12BrNO3/c1-7(15)5-10-11(13)6-8-3-2-4-9(8)12(10)14(16)17/h6H,2-5H2,1H3. The molecule has 1 aliphatic carbocycles. The first-order valence-electron chi connectivity index (χ1n) is 5.47. The van der Waals surface area contributed by atoms with Crippen molar-refractivity contribution < 1.29 is 9.72 Å². The van der Waals surface area contributed by atoms with Crippen LogP contribution in [0.1, 0.15) is 30.0 Å². The quantitative estimate of drug-likeness (QED) is 0.636. The zero-order valence-corrected chi connectivity index (χ0v) is 11.0. The van der Waals surface area contributed by atoms with Gasteiger partial charge in [0.05, 0.1) is 10.5 Å². The van der Waals surface area contributed by atoms with Crippen LogP contribution in [-0.4, -0.2) is 10.7 Å². The number of Topliss-reactive ketones (excluding diaryl/α,β-unsaturated/α-hetero) is 1. The maximum absolute atomic E-state index is 11.2. The maximum Gasteiger partial charge on any atom is 0.277 e. The van der Waals surface area contributed by atoms with E-state index in [2.05, 4.69) is 15.9 Å². The van der Waals surface area contributed by atoms with Crippen molar-refractivity contribution in [3.63, 3.8) is 0 Å². The van der Waals surface area contributed by atoms with Crippen molar-refractivity contribution in [3.05, 3.63) is 37.3 Å². The van der Waals surface area contributed by atoms with E-state index in [-0.39, 0.29) is 22.8 Å². The summed E-state index contributed by atoms with van der Waals surface area (Å²) >= 11 is 3.34. The Bertz CT molecular complexity index is 511. The van der Waals surface area contributed by atoms with Crippen LogP contribution in [0.5, 0.6) is 0 Å². The van der Waals surface area contributed by atoms with Crippen molar-refractivity contribution in [2.24, 2.45) is 0 Å². The van der Waals surface area contributed by atoms with Crippen LogP contribution in [0, 0.1) is 10.1 Å². The maximum atomic E-state index is 11.2. The molecule has 5 heteroatoms. The van der Waals surface area contributed by atoms with Crippen molar-refractivity contribution >= 4 is 27.4 Å². The number of benzene rings is 1. The summed E-state index contributed by atoms with van der Waals surface area (Å²) in [5.41, 5.74) is 2.51. The monoisotopic (exact) mass is 297 g/mol. The molecule has 4 nitrogen and oxygen atoms in total. The first-order valence-corrected chi connectivity index (χ1v) is 6.27. The molecule has 0 unspecified atom stereocenters. The van der Waals surface area contributed by atoms with Gasteiger partial charge in [-0.3, -0.25) is 14.9 Å². The molecule has 0 heterocycles. The zero-order valence-electron chi connectivity index (χ0n) is 9.46. The van der Waals surface area contributed by atoms with Gasteiger partial charge in [0, 0.05) is 16.5 Å². The van der Waals surface area contributed by atoms with Gasteiger partial charge in [0.1, 0.15) is 5.78 Å². The summed E-state index contributed by atoms with van der Waals surface area (Å²) in [5.74, 6) is -0.0632. The first kappa shape index (κ1) is 12.2. The molecule has 0 N–H and O–H groups in total. The Balaban J connectivity index is 2.64. The third-order valence-corrected chi connectivity index (χ3v) is 3.74. The van der Waals surface area contributed by atoms with Crippen LogP contribution < -0.4 is 0 Å². The fourth-order valence-electron chi connectivity index (χ4n) is 2.37. The van der Waals surface area contributed by atoms with Crippen molar-refractivity contribution in [1.82, 2.24) is 0 Å². The molecule has 17 heavy (non-hydrogen) atoms. The van der Waals surface area contributed by atoms with Gasteiger partial charge in [-0.25, -0.2) is 0 Å². The summed E-state index contributed by atoms with van der Waals surface area (Å²) in [6, 6.07) is 1.92. The number of hydrogen-bond acceptors (Lipinski definition) is 3. The van der Waals surface area contributed by atoms with Gasteiger partial charge in [-0.05, 0) is 37.8 Å². The van der Waals surface area contributed by atoms with E-state index in [1.807, 2.05) is 6.07 Å². The second-order valence-corrected chi connectivity index (χ2v) is 5.17. The summed E-state index contributed by atoms with van der Waals surface area (Å²) in [4.78, 5) is 22.0. The smallest absolute Gasteiger partial charge is 0.277 e. The van der Waals surface area contributed by atoms with E-state index in [1.165, 1.54) is 6.92 Å². The molecule has 1 aromatic carbocycles. The van der Waals surface area contributed by atoms with E-state index in [0.717, 1.165) is 30.4 Å². The number of hydrogen-bond donors (Lipinski definition) is 0. The molecule has 0 saturated carbocycles. The highest BCUT2D eigenvalue weighted by molar-refractivity contribution is 9.10. The van der Waals surface area contributed by atoms with E-state index in [1.54, 1.807) is 0 Å². The van der Waals surface area contributed by atoms with E-state index in [9.17, 15) is 14.9 Å². The Morgan fingerprint density at radius 2 is 2.24 bits per heavy atom. The Morgan fingerprint density at radius 3 is 2.82 bits per heavy atom. The number of nitrogens with zero attached hydrogens (tertiary/aromatic N) is 1. The van der Waals surface area contributed by atoms with E-state index >= 15 is 0 Å². The number of carbonyl (C=O) groups is 1. The fourth-order valence-corrected chi connectivity index (χ4v) is 2.97. The normalized spacial score (nSPS) is 13.5. The summed E-state index contributed by atoms with van der Waals surface area (Å²) in [7, 11) is 0. The number of rotatable bonds is 3. The largest absolute Gasteiger partial charge is 0.300 e. The summed E-state index contributed by atoms with van der Waals surface area (Å²) in [6.45, 7) is 1.45. The lowest BCUT2D eigenvalue weighted by atomic mass is 10.00. The van der Waals surface area contributed by atoms with Crippen molar-refractivity contribution in [2.75, 3.05) is 0 Å². The first-order chi connectivity index (χ1) is 8.00. The molecule has 0 bridgehead atoms. The summed E-state index contributed by atoms with van der Waals surface area (Å²) < 4.78 is 0.681. The van der Waals surface area contributed by atoms with E-state index in [0.29, 0.717) is 10.0 Å². The third-order valence-electron chi connectivity index (χ3n) is 3.03. The number of carbonyl (C=O) groups excluding carboxylic acids is 1. The van der Waals surface area contributed by atoms with E-state index in [4.69, 9.17) is 0 Å². The molecular formula is C12H12BrNO3. The molecule has 0 radical (unpaired) electrons. The molecule has 0 saturated heterocycles. The highest BCUT2D eigenvalue weighted by Gasteiger charge is 2.28. The average molecular weight is 298 g/mol. The van der Waals surface area contributed by atoms with Crippen LogP contribution in [0.4, 0.5) is 5.69 Å². The second kappa shape index (κ2) is 4.56. The lowest BCUT2D eigenvalue weighted by molar-refractivity contribution is -0.386. The van der Waals surface area contributed by atoms with Gasteiger partial charge in [0.15, 0.2) is 0 Å². The van der Waals surface area contributed by atoms with Gasteiger partial charge >= 0.3 is 0 Å². The number of aryl methyl sites for hydroxylation is 1. The molecule has 0 aliphatic heterocycles.